The quantitative estimate of drug-likeness (QED) is 0.826. The highest BCUT2D eigenvalue weighted by atomic mass is 16.5. The van der Waals surface area contributed by atoms with Crippen LogP contribution in [-0.4, -0.2) is 22.2 Å². The standard InChI is InChI=1S/C11H15NO3/c1-11(2,3)9(10(13)14)15-8-6-4-5-7-12-8/h4-7,9H,1-3H3,(H,13,14). The molecule has 0 amide bonds. The van der Waals surface area contributed by atoms with Gasteiger partial charge in [0.25, 0.3) is 0 Å². The summed E-state index contributed by atoms with van der Waals surface area (Å²) in [6.45, 7) is 5.44. The Bertz CT molecular complexity index is 329. The van der Waals surface area contributed by atoms with Crippen LogP contribution in [-0.2, 0) is 4.79 Å². The molecule has 1 heterocycles. The Morgan fingerprint density at radius 2 is 2.13 bits per heavy atom. The lowest BCUT2D eigenvalue weighted by Crippen LogP contribution is -2.39. The second-order valence-corrected chi connectivity index (χ2v) is 4.37. The van der Waals surface area contributed by atoms with Crippen molar-refractivity contribution in [3.8, 4) is 5.88 Å². The van der Waals surface area contributed by atoms with Crippen LogP contribution in [0.15, 0.2) is 24.4 Å². The summed E-state index contributed by atoms with van der Waals surface area (Å²) in [5, 5.41) is 9.02. The lowest BCUT2D eigenvalue weighted by molar-refractivity contribution is -0.150. The second kappa shape index (κ2) is 4.29. The van der Waals surface area contributed by atoms with Crippen molar-refractivity contribution in [3.05, 3.63) is 24.4 Å². The number of rotatable bonds is 3. The Kier molecular flexibility index (Phi) is 3.29. The molecule has 0 spiro atoms. The number of carboxylic acids is 1. The number of hydrogen-bond acceptors (Lipinski definition) is 3. The number of hydrogen-bond donors (Lipinski definition) is 1. The molecule has 0 aliphatic carbocycles. The van der Waals surface area contributed by atoms with E-state index in [4.69, 9.17) is 9.84 Å². The highest BCUT2D eigenvalue weighted by Crippen LogP contribution is 2.23. The van der Waals surface area contributed by atoms with Crippen LogP contribution in [0.4, 0.5) is 0 Å². The van der Waals surface area contributed by atoms with Crippen molar-refractivity contribution in [2.45, 2.75) is 26.9 Å². The predicted molar refractivity (Wildman–Crippen MR) is 55.7 cm³/mol. The largest absolute Gasteiger partial charge is 0.478 e. The van der Waals surface area contributed by atoms with E-state index < -0.39 is 17.5 Å². The van der Waals surface area contributed by atoms with Gasteiger partial charge in [0.05, 0.1) is 0 Å². The maximum absolute atomic E-state index is 11.0. The van der Waals surface area contributed by atoms with E-state index in [1.165, 1.54) is 0 Å². The van der Waals surface area contributed by atoms with Crippen LogP contribution in [0.1, 0.15) is 20.8 Å². The van der Waals surface area contributed by atoms with Gasteiger partial charge in [-0.3, -0.25) is 0 Å². The Morgan fingerprint density at radius 3 is 2.53 bits per heavy atom. The molecule has 0 aromatic carbocycles. The molecular formula is C11H15NO3. The maximum atomic E-state index is 11.0. The molecule has 0 saturated carbocycles. The van der Waals surface area contributed by atoms with Gasteiger partial charge in [-0.15, -0.1) is 0 Å². The maximum Gasteiger partial charge on any atom is 0.345 e. The first-order valence-corrected chi connectivity index (χ1v) is 4.72. The SMILES string of the molecule is CC(C)(C)C(Oc1ccccn1)C(=O)O. The Labute approximate surface area is 88.9 Å². The Balaban J connectivity index is 2.82. The van der Waals surface area contributed by atoms with E-state index in [1.807, 2.05) is 20.8 Å². The van der Waals surface area contributed by atoms with Crippen LogP contribution in [0.5, 0.6) is 5.88 Å². The lowest BCUT2D eigenvalue weighted by Gasteiger charge is -2.26. The Morgan fingerprint density at radius 1 is 1.47 bits per heavy atom. The second-order valence-electron chi connectivity index (χ2n) is 4.37. The number of nitrogens with zero attached hydrogens (tertiary/aromatic N) is 1. The Hall–Kier alpha value is -1.58. The first-order chi connectivity index (χ1) is 6.91. The van der Waals surface area contributed by atoms with Crippen molar-refractivity contribution in [1.82, 2.24) is 4.98 Å². The van der Waals surface area contributed by atoms with Gasteiger partial charge in [0, 0.05) is 17.7 Å². The third kappa shape index (κ3) is 3.23. The summed E-state index contributed by atoms with van der Waals surface area (Å²) in [4.78, 5) is 14.9. The number of carbonyl (C=O) groups is 1. The first kappa shape index (κ1) is 11.5. The molecule has 4 heteroatoms. The summed E-state index contributed by atoms with van der Waals surface area (Å²) in [5.41, 5.74) is -0.469. The fourth-order valence-corrected chi connectivity index (χ4v) is 1.14. The molecule has 1 rings (SSSR count). The van der Waals surface area contributed by atoms with Gasteiger partial charge in [-0.2, -0.15) is 0 Å². The van der Waals surface area contributed by atoms with Crippen LogP contribution < -0.4 is 4.74 Å². The van der Waals surface area contributed by atoms with Gasteiger partial charge in [-0.25, -0.2) is 9.78 Å². The van der Waals surface area contributed by atoms with Crippen LogP contribution in [0.25, 0.3) is 0 Å². The molecule has 0 radical (unpaired) electrons. The molecule has 1 atom stereocenters. The van der Waals surface area contributed by atoms with Crippen molar-refractivity contribution >= 4 is 5.97 Å². The molecule has 1 unspecified atom stereocenters. The smallest absolute Gasteiger partial charge is 0.345 e. The van der Waals surface area contributed by atoms with Crippen LogP contribution in [0.3, 0.4) is 0 Å². The van der Waals surface area contributed by atoms with E-state index in [2.05, 4.69) is 4.98 Å². The van der Waals surface area contributed by atoms with Gasteiger partial charge in [0.2, 0.25) is 12.0 Å². The van der Waals surface area contributed by atoms with Crippen LogP contribution in [0, 0.1) is 5.41 Å². The van der Waals surface area contributed by atoms with Crippen molar-refractivity contribution in [1.29, 1.82) is 0 Å². The summed E-state index contributed by atoms with van der Waals surface area (Å²) in [5.74, 6) is -0.645. The molecule has 0 bridgehead atoms. The molecule has 4 nitrogen and oxygen atoms in total. The van der Waals surface area contributed by atoms with E-state index in [0.717, 1.165) is 0 Å². The molecule has 1 aromatic heterocycles. The molecule has 1 aromatic rings. The van der Waals surface area contributed by atoms with Crippen molar-refractivity contribution < 1.29 is 14.6 Å². The monoisotopic (exact) mass is 209 g/mol. The number of ether oxygens (including phenoxy) is 1. The molecule has 15 heavy (non-hydrogen) atoms. The number of pyridine rings is 1. The highest BCUT2D eigenvalue weighted by molar-refractivity contribution is 5.73. The molecule has 0 fully saturated rings. The predicted octanol–water partition coefficient (Wildman–Crippen LogP) is 1.96. The first-order valence-electron chi connectivity index (χ1n) is 4.72. The van der Waals surface area contributed by atoms with E-state index in [-0.39, 0.29) is 0 Å². The summed E-state index contributed by atoms with van der Waals surface area (Å²) in [6.07, 6.45) is 0.670. The van der Waals surface area contributed by atoms with Gasteiger partial charge >= 0.3 is 5.97 Å². The van der Waals surface area contributed by atoms with Crippen LogP contribution >= 0.6 is 0 Å². The number of carboxylic acid groups (broad SMARTS) is 1. The van der Waals surface area contributed by atoms with Crippen molar-refractivity contribution in [3.63, 3.8) is 0 Å². The topological polar surface area (TPSA) is 59.4 Å². The molecular weight excluding hydrogens is 194 g/mol. The van der Waals surface area contributed by atoms with E-state index in [0.29, 0.717) is 5.88 Å². The number of aliphatic carboxylic acids is 1. The minimum absolute atomic E-state index is 0.333. The number of aromatic nitrogens is 1. The average Bonchev–Trinajstić information content (AvgIpc) is 2.13. The zero-order valence-electron chi connectivity index (χ0n) is 9.10. The third-order valence-corrected chi connectivity index (χ3v) is 1.89. The minimum atomic E-state index is -0.979. The fourth-order valence-electron chi connectivity index (χ4n) is 1.14. The summed E-state index contributed by atoms with van der Waals surface area (Å²) >= 11 is 0. The molecule has 82 valence electrons. The molecule has 0 aliphatic heterocycles. The van der Waals surface area contributed by atoms with E-state index >= 15 is 0 Å². The van der Waals surface area contributed by atoms with Gasteiger partial charge in [-0.05, 0) is 6.07 Å². The molecule has 0 aliphatic rings. The zero-order valence-corrected chi connectivity index (χ0v) is 9.10. The molecule has 0 saturated heterocycles. The van der Waals surface area contributed by atoms with Crippen molar-refractivity contribution in [2.24, 2.45) is 5.41 Å². The average molecular weight is 209 g/mol. The van der Waals surface area contributed by atoms with Gasteiger partial charge < -0.3 is 9.84 Å². The minimum Gasteiger partial charge on any atom is -0.478 e. The van der Waals surface area contributed by atoms with Crippen molar-refractivity contribution in [2.75, 3.05) is 0 Å². The van der Waals surface area contributed by atoms with E-state index in [1.54, 1.807) is 24.4 Å². The van der Waals surface area contributed by atoms with Gasteiger partial charge in [0.1, 0.15) is 0 Å². The summed E-state index contributed by atoms with van der Waals surface area (Å²) in [7, 11) is 0. The third-order valence-electron chi connectivity index (χ3n) is 1.89. The zero-order chi connectivity index (χ0) is 11.5. The summed E-state index contributed by atoms with van der Waals surface area (Å²) in [6, 6.07) is 5.14. The fraction of sp³-hybridized carbons (Fsp3) is 0.455. The normalized spacial score (nSPS) is 13.3. The van der Waals surface area contributed by atoms with Gasteiger partial charge in [0.15, 0.2) is 0 Å². The van der Waals surface area contributed by atoms with E-state index in [9.17, 15) is 4.79 Å². The lowest BCUT2D eigenvalue weighted by atomic mass is 9.89. The van der Waals surface area contributed by atoms with Gasteiger partial charge in [-0.1, -0.05) is 26.8 Å². The molecule has 1 N–H and O–H groups in total. The summed E-state index contributed by atoms with van der Waals surface area (Å²) < 4.78 is 5.33. The highest BCUT2D eigenvalue weighted by Gasteiger charge is 2.33. The van der Waals surface area contributed by atoms with Crippen LogP contribution in [0.2, 0.25) is 0 Å².